The van der Waals surface area contributed by atoms with E-state index in [9.17, 15) is 5.11 Å². The van der Waals surface area contributed by atoms with Crippen LogP contribution in [0, 0.1) is 0 Å². The van der Waals surface area contributed by atoms with Crippen LogP contribution >= 0.6 is 0 Å². The van der Waals surface area contributed by atoms with E-state index in [2.05, 4.69) is 0 Å². The molecule has 1 aliphatic heterocycles. The summed E-state index contributed by atoms with van der Waals surface area (Å²) in [5, 5.41) is 10.4. The second-order valence-corrected chi connectivity index (χ2v) is 5.41. The molecule has 1 fully saturated rings. The van der Waals surface area contributed by atoms with Crippen molar-refractivity contribution in [1.82, 2.24) is 0 Å². The maximum Gasteiger partial charge on any atom is 0.112 e. The summed E-state index contributed by atoms with van der Waals surface area (Å²) >= 11 is 0. The van der Waals surface area contributed by atoms with Crippen molar-refractivity contribution in [2.24, 2.45) is 0 Å². The van der Waals surface area contributed by atoms with Crippen LogP contribution in [-0.2, 0) is 22.5 Å². The first-order valence-corrected chi connectivity index (χ1v) is 7.25. The van der Waals surface area contributed by atoms with Crippen LogP contribution in [0.3, 0.4) is 0 Å². The van der Waals surface area contributed by atoms with E-state index >= 15 is 0 Å². The van der Waals surface area contributed by atoms with E-state index in [1.165, 1.54) is 0 Å². The standard InChI is InChI=1S/C17H20O4/c1-12-17(20-11-13-6-3-2-4-7-13)16(18)15(21-12)10-14-8-5-9-19-14/h2-9,12,15-18H,10-11H2,1H3/t12-,15-,16+,17+/m1/s1. The lowest BCUT2D eigenvalue weighted by atomic mass is 10.0. The molecule has 1 aromatic heterocycles. The van der Waals surface area contributed by atoms with Crippen LogP contribution in [-0.4, -0.2) is 29.5 Å². The third-order valence-corrected chi connectivity index (χ3v) is 3.84. The SMILES string of the molecule is C[C@H]1O[C@H](Cc2ccco2)[C@H](O)[C@H]1OCc1ccccc1. The fraction of sp³-hybridized carbons (Fsp3) is 0.412. The summed E-state index contributed by atoms with van der Waals surface area (Å²) in [4.78, 5) is 0. The topological polar surface area (TPSA) is 51.8 Å². The van der Waals surface area contributed by atoms with Gasteiger partial charge in [0, 0.05) is 6.42 Å². The molecule has 0 bridgehead atoms. The van der Waals surface area contributed by atoms with Crippen LogP contribution < -0.4 is 0 Å². The fourth-order valence-corrected chi connectivity index (χ4v) is 2.72. The van der Waals surface area contributed by atoms with Crippen molar-refractivity contribution in [3.8, 4) is 0 Å². The summed E-state index contributed by atoms with van der Waals surface area (Å²) in [5.41, 5.74) is 1.09. The molecular weight excluding hydrogens is 268 g/mol. The van der Waals surface area contributed by atoms with Gasteiger partial charge in [-0.25, -0.2) is 0 Å². The fourth-order valence-electron chi connectivity index (χ4n) is 2.72. The van der Waals surface area contributed by atoms with E-state index in [0.29, 0.717) is 13.0 Å². The molecule has 0 unspecified atom stereocenters. The van der Waals surface area contributed by atoms with Gasteiger partial charge in [-0.1, -0.05) is 30.3 Å². The molecule has 4 atom stereocenters. The smallest absolute Gasteiger partial charge is 0.112 e. The highest BCUT2D eigenvalue weighted by Crippen LogP contribution is 2.27. The van der Waals surface area contributed by atoms with Gasteiger partial charge in [-0.05, 0) is 24.6 Å². The van der Waals surface area contributed by atoms with Crippen molar-refractivity contribution in [3.63, 3.8) is 0 Å². The van der Waals surface area contributed by atoms with Crippen molar-refractivity contribution < 1.29 is 19.0 Å². The minimum atomic E-state index is -0.645. The molecule has 1 aromatic carbocycles. The summed E-state index contributed by atoms with van der Waals surface area (Å²) in [6.45, 7) is 2.41. The maximum absolute atomic E-state index is 10.4. The molecule has 2 heterocycles. The number of rotatable bonds is 5. The van der Waals surface area contributed by atoms with Crippen molar-refractivity contribution in [1.29, 1.82) is 0 Å². The zero-order valence-electron chi connectivity index (χ0n) is 12.0. The van der Waals surface area contributed by atoms with Crippen LogP contribution in [0.15, 0.2) is 53.1 Å². The van der Waals surface area contributed by atoms with Crippen molar-refractivity contribution >= 4 is 0 Å². The Hall–Kier alpha value is -1.62. The molecule has 21 heavy (non-hydrogen) atoms. The summed E-state index contributed by atoms with van der Waals surface area (Å²) in [6.07, 6.45) is 0.808. The molecule has 4 nitrogen and oxygen atoms in total. The van der Waals surface area contributed by atoms with E-state index < -0.39 is 6.10 Å². The van der Waals surface area contributed by atoms with Gasteiger partial charge in [0.1, 0.15) is 18.0 Å². The molecule has 1 N–H and O–H groups in total. The molecule has 112 valence electrons. The van der Waals surface area contributed by atoms with E-state index in [-0.39, 0.29) is 18.3 Å². The second-order valence-electron chi connectivity index (χ2n) is 5.41. The highest BCUT2D eigenvalue weighted by atomic mass is 16.6. The van der Waals surface area contributed by atoms with E-state index in [4.69, 9.17) is 13.9 Å². The molecule has 1 aliphatic rings. The zero-order chi connectivity index (χ0) is 14.7. The number of hydrogen-bond donors (Lipinski definition) is 1. The van der Waals surface area contributed by atoms with Gasteiger partial charge in [-0.15, -0.1) is 0 Å². The number of aliphatic hydroxyl groups is 1. The predicted molar refractivity (Wildman–Crippen MR) is 77.8 cm³/mol. The third-order valence-electron chi connectivity index (χ3n) is 3.84. The van der Waals surface area contributed by atoms with Gasteiger partial charge in [-0.2, -0.15) is 0 Å². The number of aliphatic hydroxyl groups excluding tert-OH is 1. The Morgan fingerprint density at radius 2 is 1.95 bits per heavy atom. The minimum Gasteiger partial charge on any atom is -0.469 e. The number of ether oxygens (including phenoxy) is 2. The Balaban J connectivity index is 1.58. The average molecular weight is 288 g/mol. The first kappa shape index (κ1) is 14.3. The lowest BCUT2D eigenvalue weighted by Crippen LogP contribution is -2.35. The van der Waals surface area contributed by atoms with Crippen LogP contribution in [0.5, 0.6) is 0 Å². The Bertz CT molecular complexity index is 537. The van der Waals surface area contributed by atoms with Gasteiger partial charge in [0.05, 0.1) is 25.1 Å². The first-order valence-electron chi connectivity index (χ1n) is 7.25. The molecule has 3 rings (SSSR count). The van der Waals surface area contributed by atoms with Crippen LogP contribution in [0.1, 0.15) is 18.2 Å². The van der Waals surface area contributed by atoms with Crippen LogP contribution in [0.25, 0.3) is 0 Å². The van der Waals surface area contributed by atoms with Gasteiger partial charge in [-0.3, -0.25) is 0 Å². The average Bonchev–Trinajstić information content (AvgIpc) is 3.09. The van der Waals surface area contributed by atoms with Crippen LogP contribution in [0.4, 0.5) is 0 Å². The third kappa shape index (κ3) is 3.35. The Labute approximate surface area is 124 Å². The lowest BCUT2D eigenvalue weighted by Gasteiger charge is -2.19. The monoisotopic (exact) mass is 288 g/mol. The molecule has 0 spiro atoms. The number of hydrogen-bond acceptors (Lipinski definition) is 4. The van der Waals surface area contributed by atoms with Gasteiger partial charge >= 0.3 is 0 Å². The molecule has 2 aromatic rings. The summed E-state index contributed by atoms with van der Waals surface area (Å²) in [6, 6.07) is 13.7. The van der Waals surface area contributed by atoms with Crippen molar-refractivity contribution in [2.75, 3.05) is 0 Å². The molecular formula is C17H20O4. The van der Waals surface area contributed by atoms with Gasteiger partial charge < -0.3 is 19.0 Å². The van der Waals surface area contributed by atoms with Gasteiger partial charge in [0.25, 0.3) is 0 Å². The Kier molecular flexibility index (Phi) is 4.39. The normalized spacial score (nSPS) is 28.9. The minimum absolute atomic E-state index is 0.135. The molecule has 0 aliphatic carbocycles. The van der Waals surface area contributed by atoms with E-state index in [1.807, 2.05) is 49.4 Å². The maximum atomic E-state index is 10.4. The highest BCUT2D eigenvalue weighted by Gasteiger charge is 2.42. The summed E-state index contributed by atoms with van der Waals surface area (Å²) in [5.74, 6) is 0.815. The summed E-state index contributed by atoms with van der Waals surface area (Å²) < 4.78 is 17.0. The Morgan fingerprint density at radius 3 is 2.67 bits per heavy atom. The quantitative estimate of drug-likeness (QED) is 0.918. The van der Waals surface area contributed by atoms with Gasteiger partial charge in [0.15, 0.2) is 0 Å². The number of furan rings is 1. The predicted octanol–water partition coefficient (Wildman–Crippen LogP) is 2.56. The van der Waals surface area contributed by atoms with Gasteiger partial charge in [0.2, 0.25) is 0 Å². The number of benzene rings is 1. The molecule has 0 saturated carbocycles. The largest absolute Gasteiger partial charge is 0.469 e. The molecule has 0 radical (unpaired) electrons. The zero-order valence-corrected chi connectivity index (χ0v) is 12.0. The molecule has 1 saturated heterocycles. The van der Waals surface area contributed by atoms with E-state index in [0.717, 1.165) is 11.3 Å². The first-order chi connectivity index (χ1) is 10.2. The van der Waals surface area contributed by atoms with Crippen LogP contribution in [0.2, 0.25) is 0 Å². The summed E-state index contributed by atoms with van der Waals surface area (Å²) in [7, 11) is 0. The molecule has 4 heteroatoms. The van der Waals surface area contributed by atoms with Crippen molar-refractivity contribution in [2.45, 2.75) is 44.4 Å². The Morgan fingerprint density at radius 1 is 1.14 bits per heavy atom. The van der Waals surface area contributed by atoms with Crippen molar-refractivity contribution in [3.05, 3.63) is 60.1 Å². The highest BCUT2D eigenvalue weighted by molar-refractivity contribution is 5.13. The lowest BCUT2D eigenvalue weighted by molar-refractivity contribution is -0.0410. The van der Waals surface area contributed by atoms with E-state index in [1.54, 1.807) is 6.26 Å². The molecule has 0 amide bonds. The second kappa shape index (κ2) is 6.43.